The lowest BCUT2D eigenvalue weighted by Gasteiger charge is -2.28. The Balaban J connectivity index is 1.46. The maximum Gasteiger partial charge on any atom is 0.269 e. The zero-order valence-electron chi connectivity index (χ0n) is 18.8. The van der Waals surface area contributed by atoms with Gasteiger partial charge >= 0.3 is 0 Å². The molecule has 0 bridgehead atoms. The average Bonchev–Trinajstić information content (AvgIpc) is 3.37. The molecule has 8 nitrogen and oxygen atoms in total. The van der Waals surface area contributed by atoms with Gasteiger partial charge in [0.1, 0.15) is 12.1 Å². The summed E-state index contributed by atoms with van der Waals surface area (Å²) in [5.41, 5.74) is 4.27. The maximum absolute atomic E-state index is 11.1. The zero-order valence-corrected chi connectivity index (χ0v) is 18.8. The van der Waals surface area contributed by atoms with E-state index in [9.17, 15) is 10.1 Å². The van der Waals surface area contributed by atoms with Crippen LogP contribution in [0.5, 0.6) is 11.6 Å². The zero-order chi connectivity index (χ0) is 24.2. The van der Waals surface area contributed by atoms with Crippen molar-refractivity contribution in [3.63, 3.8) is 0 Å². The number of hydrogen-bond donors (Lipinski definition) is 0. The van der Waals surface area contributed by atoms with E-state index < -0.39 is 4.92 Å². The Morgan fingerprint density at radius 1 is 0.889 bits per heavy atom. The van der Waals surface area contributed by atoms with Crippen molar-refractivity contribution in [1.82, 2.24) is 19.6 Å². The second kappa shape index (κ2) is 7.71. The Hall–Kier alpha value is -5.11. The van der Waals surface area contributed by atoms with E-state index in [1.165, 1.54) is 12.1 Å². The lowest BCUT2D eigenvalue weighted by atomic mass is 9.83. The van der Waals surface area contributed by atoms with Crippen molar-refractivity contribution in [3.8, 4) is 23.0 Å². The lowest BCUT2D eigenvalue weighted by molar-refractivity contribution is -0.384. The number of ether oxygens (including phenoxy) is 1. The minimum Gasteiger partial charge on any atom is -0.438 e. The predicted octanol–water partition coefficient (Wildman–Crippen LogP) is 6.14. The summed E-state index contributed by atoms with van der Waals surface area (Å²) >= 11 is 0. The Morgan fingerprint density at radius 3 is 2.47 bits per heavy atom. The molecule has 0 fully saturated rings. The van der Waals surface area contributed by atoms with E-state index in [0.717, 1.165) is 33.2 Å². The van der Waals surface area contributed by atoms with E-state index in [1.807, 2.05) is 30.3 Å². The predicted molar refractivity (Wildman–Crippen MR) is 134 cm³/mol. The fraction of sp³-hybridized carbons (Fsp3) is 0.0357. The summed E-state index contributed by atoms with van der Waals surface area (Å²) in [7, 11) is 0. The van der Waals surface area contributed by atoms with Gasteiger partial charge in [-0.3, -0.25) is 10.1 Å². The Labute approximate surface area is 204 Å². The van der Waals surface area contributed by atoms with Gasteiger partial charge in [-0.2, -0.15) is 0 Å². The van der Waals surface area contributed by atoms with E-state index in [1.54, 1.807) is 23.0 Å². The minimum absolute atomic E-state index is 0.0166. The first-order valence-electron chi connectivity index (χ1n) is 11.4. The van der Waals surface area contributed by atoms with Gasteiger partial charge in [-0.15, -0.1) is 5.10 Å². The minimum atomic E-state index is -0.426. The molecule has 36 heavy (non-hydrogen) atoms. The lowest BCUT2D eigenvalue weighted by Crippen LogP contribution is -2.15. The maximum atomic E-state index is 11.1. The van der Waals surface area contributed by atoms with Crippen molar-refractivity contribution in [2.45, 2.75) is 5.92 Å². The second-order valence-corrected chi connectivity index (χ2v) is 8.62. The van der Waals surface area contributed by atoms with Crippen LogP contribution in [0, 0.1) is 10.1 Å². The first-order valence-corrected chi connectivity index (χ1v) is 11.4. The van der Waals surface area contributed by atoms with Crippen LogP contribution < -0.4 is 4.74 Å². The van der Waals surface area contributed by atoms with Gasteiger partial charge in [-0.05, 0) is 23.1 Å². The quantitative estimate of drug-likeness (QED) is 0.227. The summed E-state index contributed by atoms with van der Waals surface area (Å²) in [6.07, 6.45) is 1.59. The molecule has 0 saturated carbocycles. The Morgan fingerprint density at radius 2 is 1.67 bits per heavy atom. The summed E-state index contributed by atoms with van der Waals surface area (Å²) in [4.78, 5) is 20.1. The Kier molecular flexibility index (Phi) is 4.34. The molecule has 0 radical (unpaired) electrons. The molecule has 172 valence electrons. The van der Waals surface area contributed by atoms with E-state index in [4.69, 9.17) is 9.72 Å². The van der Waals surface area contributed by atoms with Crippen molar-refractivity contribution in [2.75, 3.05) is 0 Å². The van der Waals surface area contributed by atoms with Crippen LogP contribution in [0.1, 0.15) is 22.6 Å². The number of fused-ring (bicyclic) bond motifs is 6. The molecule has 7 rings (SSSR count). The molecule has 6 aromatic rings. The highest BCUT2D eigenvalue weighted by Crippen LogP contribution is 2.50. The molecule has 4 aromatic carbocycles. The molecule has 0 unspecified atom stereocenters. The van der Waals surface area contributed by atoms with E-state index in [0.29, 0.717) is 22.9 Å². The van der Waals surface area contributed by atoms with Gasteiger partial charge in [0.25, 0.3) is 5.69 Å². The number of rotatable bonds is 3. The molecule has 0 aliphatic carbocycles. The third-order valence-electron chi connectivity index (χ3n) is 6.56. The molecule has 1 atom stereocenters. The summed E-state index contributed by atoms with van der Waals surface area (Å²) in [6, 6.07) is 28.8. The number of non-ortho nitro benzene ring substituents is 1. The molecule has 8 heteroatoms. The molecule has 2 aromatic heterocycles. The standard InChI is InChI=1S/C28H17N5O3/c34-33(35)20-13-10-19(11-14-20)26-30-27-24-23(18-7-2-1-3-8-18)22-15-12-17-6-4-5-9-21(17)25(22)36-28(24)29-16-32(27)31-26/h1-16,23H/t23-/m1/s1. The van der Waals surface area contributed by atoms with Gasteiger partial charge < -0.3 is 4.74 Å². The van der Waals surface area contributed by atoms with Crippen molar-refractivity contribution in [3.05, 3.63) is 124 Å². The molecular weight excluding hydrogens is 454 g/mol. The third-order valence-corrected chi connectivity index (χ3v) is 6.56. The summed E-state index contributed by atoms with van der Waals surface area (Å²) in [5.74, 6) is 1.57. The van der Waals surface area contributed by atoms with Gasteiger partial charge in [0.15, 0.2) is 11.5 Å². The molecular formula is C28H17N5O3. The fourth-order valence-electron chi connectivity index (χ4n) is 4.89. The number of hydrogen-bond acceptors (Lipinski definition) is 6. The highest BCUT2D eigenvalue weighted by Gasteiger charge is 2.34. The van der Waals surface area contributed by atoms with Crippen molar-refractivity contribution in [1.29, 1.82) is 0 Å². The van der Waals surface area contributed by atoms with Crippen LogP contribution in [0.25, 0.3) is 27.8 Å². The smallest absolute Gasteiger partial charge is 0.269 e. The number of nitrogens with zero attached hydrogens (tertiary/aromatic N) is 5. The second-order valence-electron chi connectivity index (χ2n) is 8.62. The topological polar surface area (TPSA) is 95.5 Å². The van der Waals surface area contributed by atoms with Gasteiger partial charge in [-0.1, -0.05) is 66.7 Å². The molecule has 0 N–H and O–H groups in total. The van der Waals surface area contributed by atoms with Gasteiger partial charge in [0.2, 0.25) is 5.88 Å². The van der Waals surface area contributed by atoms with E-state index in [-0.39, 0.29) is 11.6 Å². The summed E-state index contributed by atoms with van der Waals surface area (Å²) in [5, 5.41) is 17.8. The van der Waals surface area contributed by atoms with Crippen LogP contribution in [0.4, 0.5) is 5.69 Å². The number of benzene rings is 4. The van der Waals surface area contributed by atoms with Crippen LogP contribution in [-0.4, -0.2) is 24.5 Å². The molecule has 1 aliphatic heterocycles. The average molecular weight is 471 g/mol. The SMILES string of the molecule is O=[N+]([O-])c1ccc(-c2nc3c4c(ncn3n2)Oc2c(ccc3ccccc23)[C@H]4c2ccccc2)cc1. The molecule has 0 amide bonds. The Bertz CT molecular complexity index is 1800. The molecule has 1 aliphatic rings. The van der Waals surface area contributed by atoms with Crippen LogP contribution in [0.2, 0.25) is 0 Å². The highest BCUT2D eigenvalue weighted by atomic mass is 16.6. The van der Waals surface area contributed by atoms with Crippen molar-refractivity contribution < 1.29 is 9.66 Å². The van der Waals surface area contributed by atoms with Crippen LogP contribution in [0.3, 0.4) is 0 Å². The first kappa shape index (κ1) is 20.3. The highest BCUT2D eigenvalue weighted by molar-refractivity contribution is 5.91. The van der Waals surface area contributed by atoms with E-state index in [2.05, 4.69) is 46.5 Å². The monoisotopic (exact) mass is 471 g/mol. The largest absolute Gasteiger partial charge is 0.438 e. The van der Waals surface area contributed by atoms with Crippen LogP contribution in [-0.2, 0) is 0 Å². The van der Waals surface area contributed by atoms with Crippen molar-refractivity contribution in [2.24, 2.45) is 0 Å². The van der Waals surface area contributed by atoms with Gasteiger partial charge in [0.05, 0.1) is 10.5 Å². The summed E-state index contributed by atoms with van der Waals surface area (Å²) < 4.78 is 8.08. The molecule has 0 spiro atoms. The van der Waals surface area contributed by atoms with Gasteiger partial charge in [0, 0.05) is 34.6 Å². The normalized spacial score (nSPS) is 14.3. The van der Waals surface area contributed by atoms with Crippen LogP contribution >= 0.6 is 0 Å². The summed E-state index contributed by atoms with van der Waals surface area (Å²) in [6.45, 7) is 0. The van der Waals surface area contributed by atoms with E-state index >= 15 is 0 Å². The first-order chi connectivity index (χ1) is 17.7. The number of nitro benzene ring substituents is 1. The van der Waals surface area contributed by atoms with Crippen LogP contribution in [0.15, 0.2) is 97.3 Å². The van der Waals surface area contributed by atoms with Gasteiger partial charge in [-0.25, -0.2) is 14.5 Å². The number of aromatic nitrogens is 4. The third kappa shape index (κ3) is 3.05. The number of nitro groups is 1. The fourth-order valence-corrected chi connectivity index (χ4v) is 4.89. The molecule has 0 saturated heterocycles. The van der Waals surface area contributed by atoms with Crippen molar-refractivity contribution >= 4 is 22.1 Å². The molecule has 3 heterocycles.